The maximum absolute atomic E-state index is 10.9. The maximum Gasteiger partial charge on any atom is 0.508 e. The van der Waals surface area contributed by atoms with E-state index in [-0.39, 0.29) is 0 Å². The predicted octanol–water partition coefficient (Wildman–Crippen LogP) is 4.48. The molecule has 3 nitrogen and oxygen atoms in total. The van der Waals surface area contributed by atoms with Crippen LogP contribution in [0.4, 0.5) is 4.79 Å². The Balaban J connectivity index is 4.07. The fourth-order valence-corrected chi connectivity index (χ4v) is 1.67. The van der Waals surface area contributed by atoms with Crippen molar-refractivity contribution in [3.63, 3.8) is 0 Å². The molecule has 0 saturated heterocycles. The first-order chi connectivity index (χ1) is 7.41. The van der Waals surface area contributed by atoms with E-state index in [4.69, 9.17) is 39.5 Å². The van der Waals surface area contributed by atoms with Crippen molar-refractivity contribution >= 4 is 41.0 Å². The third kappa shape index (κ3) is 7.42. The lowest BCUT2D eigenvalue weighted by Crippen LogP contribution is -2.31. The van der Waals surface area contributed by atoms with Gasteiger partial charge in [0, 0.05) is 0 Å². The minimum Gasteiger partial charge on any atom is -0.438 e. The first-order valence-corrected chi connectivity index (χ1v) is 6.36. The van der Waals surface area contributed by atoms with E-state index in [2.05, 4.69) is 11.7 Å². The van der Waals surface area contributed by atoms with E-state index in [1.807, 2.05) is 0 Å². The van der Waals surface area contributed by atoms with Gasteiger partial charge in [-0.3, -0.25) is 0 Å². The molecule has 0 saturated carbocycles. The van der Waals surface area contributed by atoms with E-state index >= 15 is 0 Å². The SMILES string of the molecule is CCCCCCC(OC(=O)OC)C(Cl)(Cl)Cl. The topological polar surface area (TPSA) is 35.5 Å². The molecule has 6 heteroatoms. The third-order valence-corrected chi connectivity index (χ3v) is 2.82. The van der Waals surface area contributed by atoms with Gasteiger partial charge >= 0.3 is 6.16 Å². The fourth-order valence-electron chi connectivity index (χ4n) is 1.21. The van der Waals surface area contributed by atoms with Crippen LogP contribution in [0.2, 0.25) is 0 Å². The second-order valence-electron chi connectivity index (χ2n) is 3.45. The van der Waals surface area contributed by atoms with E-state index in [0.717, 1.165) is 25.7 Å². The summed E-state index contributed by atoms with van der Waals surface area (Å²) < 4.78 is 7.64. The number of halogens is 3. The van der Waals surface area contributed by atoms with Crippen LogP contribution < -0.4 is 0 Å². The summed E-state index contributed by atoms with van der Waals surface area (Å²) in [4.78, 5) is 10.9. The van der Waals surface area contributed by atoms with Crippen LogP contribution in [0.5, 0.6) is 0 Å². The quantitative estimate of drug-likeness (QED) is 0.411. The molecule has 1 unspecified atom stereocenters. The summed E-state index contributed by atoms with van der Waals surface area (Å²) >= 11 is 17.1. The minimum atomic E-state index is -1.61. The predicted molar refractivity (Wildman–Crippen MR) is 66.3 cm³/mol. The van der Waals surface area contributed by atoms with Crippen molar-refractivity contribution in [1.82, 2.24) is 0 Å². The van der Waals surface area contributed by atoms with Crippen molar-refractivity contribution in [2.45, 2.75) is 48.9 Å². The van der Waals surface area contributed by atoms with Crippen molar-refractivity contribution in [3.05, 3.63) is 0 Å². The molecule has 0 bridgehead atoms. The van der Waals surface area contributed by atoms with E-state index in [1.165, 1.54) is 7.11 Å². The number of rotatable bonds is 6. The molecule has 96 valence electrons. The van der Waals surface area contributed by atoms with Crippen molar-refractivity contribution in [2.75, 3.05) is 7.11 Å². The fraction of sp³-hybridized carbons (Fsp3) is 0.900. The van der Waals surface area contributed by atoms with Gasteiger partial charge in [0.05, 0.1) is 7.11 Å². The Morgan fingerprint density at radius 1 is 1.25 bits per heavy atom. The Hall–Kier alpha value is 0.140. The van der Waals surface area contributed by atoms with Crippen molar-refractivity contribution in [1.29, 1.82) is 0 Å². The Morgan fingerprint density at radius 3 is 2.31 bits per heavy atom. The van der Waals surface area contributed by atoms with Gasteiger partial charge in [-0.2, -0.15) is 0 Å². The first kappa shape index (κ1) is 16.1. The molecule has 16 heavy (non-hydrogen) atoms. The number of ether oxygens (including phenoxy) is 2. The monoisotopic (exact) mass is 290 g/mol. The van der Waals surface area contributed by atoms with Gasteiger partial charge in [0.25, 0.3) is 0 Å². The standard InChI is InChI=1S/C10H17Cl3O3/c1-3-4-5-6-7-8(10(11,12)13)16-9(14)15-2/h8H,3-7H2,1-2H3. The molecule has 1 atom stereocenters. The number of methoxy groups -OCH3 is 1. The smallest absolute Gasteiger partial charge is 0.438 e. The van der Waals surface area contributed by atoms with Gasteiger partial charge in [-0.05, 0) is 12.8 Å². The van der Waals surface area contributed by atoms with Crippen LogP contribution in [0.3, 0.4) is 0 Å². The summed E-state index contributed by atoms with van der Waals surface area (Å²) in [6, 6.07) is 0. The highest BCUT2D eigenvalue weighted by Gasteiger charge is 2.35. The highest BCUT2D eigenvalue weighted by molar-refractivity contribution is 6.68. The second-order valence-corrected chi connectivity index (χ2v) is 5.82. The number of alkyl halides is 3. The van der Waals surface area contributed by atoms with Gasteiger partial charge in [-0.1, -0.05) is 61.0 Å². The number of carbonyl (C=O) groups is 1. The van der Waals surface area contributed by atoms with E-state index in [9.17, 15) is 4.79 Å². The van der Waals surface area contributed by atoms with Crippen LogP contribution in [0, 0.1) is 0 Å². The van der Waals surface area contributed by atoms with Gasteiger partial charge < -0.3 is 9.47 Å². The van der Waals surface area contributed by atoms with E-state index in [0.29, 0.717) is 6.42 Å². The molecule has 0 amide bonds. The summed E-state index contributed by atoms with van der Waals surface area (Å²) in [6.07, 6.45) is 3.04. The zero-order valence-corrected chi connectivity index (χ0v) is 11.7. The van der Waals surface area contributed by atoms with Crippen LogP contribution in [0.25, 0.3) is 0 Å². The highest BCUT2D eigenvalue weighted by atomic mass is 35.6. The molecule has 0 rings (SSSR count). The molecule has 0 aromatic rings. The van der Waals surface area contributed by atoms with E-state index < -0.39 is 16.1 Å². The van der Waals surface area contributed by atoms with Crippen LogP contribution in [-0.2, 0) is 9.47 Å². The Morgan fingerprint density at radius 2 is 1.88 bits per heavy atom. The van der Waals surface area contributed by atoms with Gasteiger partial charge in [-0.25, -0.2) is 4.79 Å². The first-order valence-electron chi connectivity index (χ1n) is 5.23. The average Bonchev–Trinajstić information content (AvgIpc) is 2.20. The number of hydrogen-bond donors (Lipinski definition) is 0. The normalized spacial score (nSPS) is 13.3. The molecule has 0 aromatic heterocycles. The Labute approximate surface area is 111 Å². The molecular weight excluding hydrogens is 274 g/mol. The molecule has 0 fully saturated rings. The van der Waals surface area contributed by atoms with Crippen LogP contribution in [0.15, 0.2) is 0 Å². The van der Waals surface area contributed by atoms with Crippen LogP contribution >= 0.6 is 34.8 Å². The van der Waals surface area contributed by atoms with Gasteiger partial charge in [0.2, 0.25) is 3.79 Å². The molecule has 0 heterocycles. The minimum absolute atomic E-state index is 0.519. The summed E-state index contributed by atoms with van der Waals surface area (Å²) in [5.41, 5.74) is 0. The molecule has 0 aromatic carbocycles. The molecule has 0 aliphatic rings. The van der Waals surface area contributed by atoms with Crippen LogP contribution in [0.1, 0.15) is 39.0 Å². The molecule has 0 N–H and O–H groups in total. The lowest BCUT2D eigenvalue weighted by atomic mass is 10.1. The summed E-state index contributed by atoms with van der Waals surface area (Å²) in [5.74, 6) is 0. The van der Waals surface area contributed by atoms with Crippen molar-refractivity contribution in [3.8, 4) is 0 Å². The van der Waals surface area contributed by atoms with Gasteiger partial charge in [0.1, 0.15) is 0 Å². The molecule has 0 spiro atoms. The number of hydrogen-bond acceptors (Lipinski definition) is 3. The lowest BCUT2D eigenvalue weighted by molar-refractivity contribution is 0.0342. The Bertz CT molecular complexity index is 204. The molecule has 0 aliphatic heterocycles. The molecule has 0 radical (unpaired) electrons. The van der Waals surface area contributed by atoms with Crippen molar-refractivity contribution < 1.29 is 14.3 Å². The van der Waals surface area contributed by atoms with Crippen molar-refractivity contribution in [2.24, 2.45) is 0 Å². The molecule has 0 aliphatic carbocycles. The summed E-state index contributed by atoms with van der Waals surface area (Å²) in [5, 5.41) is 0. The summed E-state index contributed by atoms with van der Waals surface area (Å²) in [6.45, 7) is 2.11. The maximum atomic E-state index is 10.9. The van der Waals surface area contributed by atoms with Crippen LogP contribution in [-0.4, -0.2) is 23.2 Å². The third-order valence-electron chi connectivity index (χ3n) is 2.09. The van der Waals surface area contributed by atoms with Gasteiger partial charge in [-0.15, -0.1) is 0 Å². The largest absolute Gasteiger partial charge is 0.508 e. The zero-order valence-electron chi connectivity index (χ0n) is 9.47. The zero-order chi connectivity index (χ0) is 12.6. The number of carbonyl (C=O) groups excluding carboxylic acids is 1. The molecular formula is C10H17Cl3O3. The lowest BCUT2D eigenvalue weighted by Gasteiger charge is -2.23. The highest BCUT2D eigenvalue weighted by Crippen LogP contribution is 2.35. The Kier molecular flexibility index (Phi) is 8.34. The van der Waals surface area contributed by atoms with Gasteiger partial charge in [0.15, 0.2) is 6.10 Å². The van der Waals surface area contributed by atoms with E-state index in [1.54, 1.807) is 0 Å². The summed E-state index contributed by atoms with van der Waals surface area (Å²) in [7, 11) is 1.22. The second kappa shape index (κ2) is 8.26. The average molecular weight is 292 g/mol. The number of unbranched alkanes of at least 4 members (excludes halogenated alkanes) is 3.